The molecule has 0 radical (unpaired) electrons. The lowest BCUT2D eigenvalue weighted by molar-refractivity contribution is 0.306. The first kappa shape index (κ1) is 14.7. The predicted molar refractivity (Wildman–Crippen MR) is 81.3 cm³/mol. The summed E-state index contributed by atoms with van der Waals surface area (Å²) >= 11 is 6.15. The summed E-state index contributed by atoms with van der Waals surface area (Å²) in [7, 11) is 0. The Hall–Kier alpha value is -0.730. The predicted octanol–water partition coefficient (Wildman–Crippen LogP) is 4.38. The molecule has 106 valence electrons. The standard InChI is InChI=1S/C16H24ClNO/c1-2-18-10-11-19-16-9-8-14(17)12-15(16)13-6-4-3-5-7-13/h8-9,12-13,18H,2-7,10-11H2,1H3. The summed E-state index contributed by atoms with van der Waals surface area (Å²) in [5.41, 5.74) is 1.31. The zero-order chi connectivity index (χ0) is 13.5. The average molecular weight is 282 g/mol. The van der Waals surface area contributed by atoms with Gasteiger partial charge in [-0.2, -0.15) is 0 Å². The summed E-state index contributed by atoms with van der Waals surface area (Å²) in [6.07, 6.45) is 6.56. The highest BCUT2D eigenvalue weighted by molar-refractivity contribution is 6.30. The van der Waals surface area contributed by atoms with Crippen LogP contribution in [0.3, 0.4) is 0 Å². The maximum Gasteiger partial charge on any atom is 0.122 e. The van der Waals surface area contributed by atoms with Crippen molar-refractivity contribution in [2.45, 2.75) is 44.9 Å². The van der Waals surface area contributed by atoms with Gasteiger partial charge in [-0.05, 0) is 49.1 Å². The Morgan fingerprint density at radius 1 is 1.26 bits per heavy atom. The summed E-state index contributed by atoms with van der Waals surface area (Å²) in [5, 5.41) is 4.10. The summed E-state index contributed by atoms with van der Waals surface area (Å²) in [5.74, 6) is 1.65. The molecule has 0 saturated heterocycles. The molecule has 1 saturated carbocycles. The van der Waals surface area contributed by atoms with Gasteiger partial charge in [0.1, 0.15) is 12.4 Å². The van der Waals surface area contributed by atoms with Crippen LogP contribution in [0.2, 0.25) is 5.02 Å². The van der Waals surface area contributed by atoms with E-state index in [0.717, 1.165) is 30.5 Å². The molecule has 1 fully saturated rings. The van der Waals surface area contributed by atoms with E-state index in [2.05, 4.69) is 18.3 Å². The third-order valence-electron chi connectivity index (χ3n) is 3.80. The monoisotopic (exact) mass is 281 g/mol. The quantitative estimate of drug-likeness (QED) is 0.782. The molecule has 1 aliphatic rings. The Bertz CT molecular complexity index is 388. The first-order chi connectivity index (χ1) is 9.31. The number of hydrogen-bond acceptors (Lipinski definition) is 2. The topological polar surface area (TPSA) is 21.3 Å². The Morgan fingerprint density at radius 3 is 2.79 bits per heavy atom. The van der Waals surface area contributed by atoms with Gasteiger partial charge in [-0.25, -0.2) is 0 Å². The molecular weight excluding hydrogens is 258 g/mol. The van der Waals surface area contributed by atoms with Crippen LogP contribution in [0, 0.1) is 0 Å². The van der Waals surface area contributed by atoms with Crippen LogP contribution in [-0.4, -0.2) is 19.7 Å². The van der Waals surface area contributed by atoms with Crippen LogP contribution < -0.4 is 10.1 Å². The first-order valence-electron chi connectivity index (χ1n) is 7.44. The third kappa shape index (κ3) is 4.39. The minimum absolute atomic E-state index is 0.626. The van der Waals surface area contributed by atoms with Gasteiger partial charge in [-0.15, -0.1) is 0 Å². The summed E-state index contributed by atoms with van der Waals surface area (Å²) < 4.78 is 5.93. The van der Waals surface area contributed by atoms with Crippen LogP contribution in [0.1, 0.15) is 50.5 Å². The molecule has 0 bridgehead atoms. The second-order valence-corrected chi connectivity index (χ2v) is 5.66. The second-order valence-electron chi connectivity index (χ2n) is 5.22. The highest BCUT2D eigenvalue weighted by Gasteiger charge is 2.19. The molecule has 19 heavy (non-hydrogen) atoms. The molecule has 1 aromatic carbocycles. The van der Waals surface area contributed by atoms with E-state index in [-0.39, 0.29) is 0 Å². The van der Waals surface area contributed by atoms with Crippen molar-refractivity contribution >= 4 is 11.6 Å². The molecule has 0 amide bonds. The highest BCUT2D eigenvalue weighted by Crippen LogP contribution is 2.38. The highest BCUT2D eigenvalue weighted by atomic mass is 35.5. The summed E-state index contributed by atoms with van der Waals surface area (Å²) in [6.45, 7) is 4.70. The number of halogens is 1. The Morgan fingerprint density at radius 2 is 2.05 bits per heavy atom. The molecule has 3 heteroatoms. The maximum absolute atomic E-state index is 6.15. The molecule has 1 aliphatic carbocycles. The van der Waals surface area contributed by atoms with E-state index in [9.17, 15) is 0 Å². The lowest BCUT2D eigenvalue weighted by Gasteiger charge is -2.24. The molecule has 2 nitrogen and oxygen atoms in total. The molecule has 2 rings (SSSR count). The van der Waals surface area contributed by atoms with Gasteiger partial charge < -0.3 is 10.1 Å². The molecule has 1 aromatic rings. The number of hydrogen-bond donors (Lipinski definition) is 1. The lowest BCUT2D eigenvalue weighted by atomic mass is 9.84. The zero-order valence-corrected chi connectivity index (χ0v) is 12.5. The second kappa shape index (κ2) is 7.76. The SMILES string of the molecule is CCNCCOc1ccc(Cl)cc1C1CCCCC1. The van der Waals surface area contributed by atoms with Crippen molar-refractivity contribution in [3.05, 3.63) is 28.8 Å². The van der Waals surface area contributed by atoms with Gasteiger partial charge in [0.2, 0.25) is 0 Å². The van der Waals surface area contributed by atoms with E-state index in [4.69, 9.17) is 16.3 Å². The minimum Gasteiger partial charge on any atom is -0.492 e. The van der Waals surface area contributed by atoms with Crippen molar-refractivity contribution in [1.82, 2.24) is 5.32 Å². The number of ether oxygens (including phenoxy) is 1. The Labute approximate surface area is 121 Å². The van der Waals surface area contributed by atoms with Gasteiger partial charge in [-0.3, -0.25) is 0 Å². The van der Waals surface area contributed by atoms with Crippen LogP contribution in [0.25, 0.3) is 0 Å². The van der Waals surface area contributed by atoms with Crippen molar-refractivity contribution in [3.63, 3.8) is 0 Å². The van der Waals surface area contributed by atoms with E-state index in [1.165, 1.54) is 37.7 Å². The van der Waals surface area contributed by atoms with Gasteiger partial charge in [0.05, 0.1) is 0 Å². The summed E-state index contributed by atoms with van der Waals surface area (Å²) in [4.78, 5) is 0. The first-order valence-corrected chi connectivity index (χ1v) is 7.82. The van der Waals surface area contributed by atoms with E-state index in [0.29, 0.717) is 5.92 Å². The van der Waals surface area contributed by atoms with Gasteiger partial charge >= 0.3 is 0 Å². The molecule has 0 aromatic heterocycles. The molecular formula is C16H24ClNO. The van der Waals surface area contributed by atoms with Gasteiger partial charge in [0, 0.05) is 11.6 Å². The minimum atomic E-state index is 0.626. The molecule has 0 aliphatic heterocycles. The van der Waals surface area contributed by atoms with Gasteiger partial charge in [0.15, 0.2) is 0 Å². The van der Waals surface area contributed by atoms with Crippen LogP contribution in [-0.2, 0) is 0 Å². The largest absolute Gasteiger partial charge is 0.492 e. The lowest BCUT2D eigenvalue weighted by Crippen LogP contribution is -2.20. The number of nitrogens with one attached hydrogen (secondary N) is 1. The van der Waals surface area contributed by atoms with Crippen molar-refractivity contribution in [3.8, 4) is 5.75 Å². The number of benzene rings is 1. The van der Waals surface area contributed by atoms with Crippen LogP contribution >= 0.6 is 11.6 Å². The maximum atomic E-state index is 6.15. The summed E-state index contributed by atoms with van der Waals surface area (Å²) in [6, 6.07) is 6.05. The fraction of sp³-hybridized carbons (Fsp3) is 0.625. The van der Waals surface area contributed by atoms with Crippen LogP contribution in [0.4, 0.5) is 0 Å². The van der Waals surface area contributed by atoms with Crippen LogP contribution in [0.15, 0.2) is 18.2 Å². The molecule has 0 unspecified atom stereocenters. The Balaban J connectivity index is 2.03. The van der Waals surface area contributed by atoms with E-state index in [1.54, 1.807) is 0 Å². The average Bonchev–Trinajstić information content (AvgIpc) is 2.46. The van der Waals surface area contributed by atoms with Crippen molar-refractivity contribution in [2.24, 2.45) is 0 Å². The normalized spacial score (nSPS) is 16.5. The Kier molecular flexibility index (Phi) is 5.99. The van der Waals surface area contributed by atoms with Gasteiger partial charge in [-0.1, -0.05) is 37.8 Å². The van der Waals surface area contributed by atoms with Gasteiger partial charge in [0.25, 0.3) is 0 Å². The van der Waals surface area contributed by atoms with E-state index < -0.39 is 0 Å². The molecule has 0 heterocycles. The fourth-order valence-corrected chi connectivity index (χ4v) is 2.97. The zero-order valence-electron chi connectivity index (χ0n) is 11.8. The van der Waals surface area contributed by atoms with Crippen molar-refractivity contribution in [2.75, 3.05) is 19.7 Å². The van der Waals surface area contributed by atoms with Crippen LogP contribution in [0.5, 0.6) is 5.75 Å². The van der Waals surface area contributed by atoms with Crippen molar-refractivity contribution < 1.29 is 4.74 Å². The number of rotatable bonds is 6. The molecule has 0 atom stereocenters. The smallest absolute Gasteiger partial charge is 0.122 e. The molecule has 0 spiro atoms. The van der Waals surface area contributed by atoms with E-state index in [1.807, 2.05) is 12.1 Å². The molecule has 1 N–H and O–H groups in total. The van der Waals surface area contributed by atoms with E-state index >= 15 is 0 Å². The fourth-order valence-electron chi connectivity index (χ4n) is 2.79. The van der Waals surface area contributed by atoms with Crippen molar-refractivity contribution in [1.29, 1.82) is 0 Å². The number of likely N-dealkylation sites (N-methyl/N-ethyl adjacent to an activating group) is 1. The third-order valence-corrected chi connectivity index (χ3v) is 4.04.